The Bertz CT molecular complexity index is 807. The molecule has 1 fully saturated rings. The van der Waals surface area contributed by atoms with Crippen LogP contribution in [0.25, 0.3) is 11.3 Å². The fraction of sp³-hybridized carbons (Fsp3) is 0.478. The first-order valence-corrected chi connectivity index (χ1v) is 9.95. The summed E-state index contributed by atoms with van der Waals surface area (Å²) in [6.07, 6.45) is 6.89. The fourth-order valence-electron chi connectivity index (χ4n) is 3.88. The number of hydrogen-bond donors (Lipinski definition) is 1. The van der Waals surface area contributed by atoms with E-state index in [2.05, 4.69) is 6.07 Å². The molecule has 2 aromatic rings. The van der Waals surface area contributed by atoms with Crippen LogP contribution in [-0.2, 0) is 6.42 Å². The summed E-state index contributed by atoms with van der Waals surface area (Å²) in [7, 11) is 0. The third kappa shape index (κ3) is 4.88. The largest absolute Gasteiger partial charge is 0.490 e. The Morgan fingerprint density at radius 1 is 1.22 bits per heavy atom. The number of benzene rings is 1. The Hall–Kier alpha value is -2.36. The van der Waals surface area contributed by atoms with E-state index in [0.29, 0.717) is 23.6 Å². The Morgan fingerprint density at radius 2 is 1.96 bits per heavy atom. The highest BCUT2D eigenvalue weighted by molar-refractivity contribution is 5.89. The average Bonchev–Trinajstić information content (AvgIpc) is 3.14. The lowest BCUT2D eigenvalue weighted by Crippen LogP contribution is -2.09. The predicted molar refractivity (Wildman–Crippen MR) is 107 cm³/mol. The van der Waals surface area contributed by atoms with Crippen LogP contribution in [0.2, 0.25) is 0 Å². The van der Waals surface area contributed by atoms with Gasteiger partial charge in [0.1, 0.15) is 5.75 Å². The van der Waals surface area contributed by atoms with Crippen LogP contribution in [0.4, 0.5) is 0 Å². The smallest absolute Gasteiger partial charge is 0.337 e. The summed E-state index contributed by atoms with van der Waals surface area (Å²) >= 11 is 0. The van der Waals surface area contributed by atoms with Crippen molar-refractivity contribution in [2.75, 3.05) is 0 Å². The van der Waals surface area contributed by atoms with Gasteiger partial charge >= 0.3 is 5.97 Å². The molecule has 0 atom stereocenters. The Morgan fingerprint density at radius 3 is 2.63 bits per heavy atom. The molecular weight excluding hydrogens is 338 g/mol. The van der Waals surface area contributed by atoms with Gasteiger partial charge in [-0.3, -0.25) is 4.98 Å². The summed E-state index contributed by atoms with van der Waals surface area (Å²) in [6, 6.07) is 9.53. The molecule has 0 saturated heterocycles. The number of carbonyl (C=O) groups is 1. The Kier molecular flexibility index (Phi) is 6.15. The molecule has 0 amide bonds. The van der Waals surface area contributed by atoms with Crippen molar-refractivity contribution in [1.82, 2.24) is 4.98 Å². The van der Waals surface area contributed by atoms with E-state index in [1.807, 2.05) is 32.9 Å². The molecular formula is C23H29NO3. The van der Waals surface area contributed by atoms with Crippen LogP contribution < -0.4 is 4.74 Å². The van der Waals surface area contributed by atoms with E-state index in [-0.39, 0.29) is 6.10 Å². The molecule has 1 heterocycles. The molecule has 3 rings (SSSR count). The van der Waals surface area contributed by atoms with E-state index in [4.69, 9.17) is 9.72 Å². The molecule has 0 aliphatic heterocycles. The number of carboxylic acids is 1. The van der Waals surface area contributed by atoms with Crippen LogP contribution in [0.15, 0.2) is 30.3 Å². The van der Waals surface area contributed by atoms with Gasteiger partial charge in [0.2, 0.25) is 0 Å². The van der Waals surface area contributed by atoms with Gasteiger partial charge in [0.05, 0.1) is 23.1 Å². The van der Waals surface area contributed by atoms with Crippen molar-refractivity contribution >= 4 is 5.97 Å². The first-order chi connectivity index (χ1) is 12.9. The minimum atomic E-state index is -0.904. The molecule has 27 heavy (non-hydrogen) atoms. The van der Waals surface area contributed by atoms with Crippen LogP contribution in [0.5, 0.6) is 5.75 Å². The molecule has 4 nitrogen and oxygen atoms in total. The van der Waals surface area contributed by atoms with Crippen molar-refractivity contribution in [1.29, 1.82) is 0 Å². The van der Waals surface area contributed by atoms with Gasteiger partial charge < -0.3 is 9.84 Å². The van der Waals surface area contributed by atoms with Gasteiger partial charge in [0.25, 0.3) is 0 Å². The number of rotatable bonds is 7. The predicted octanol–water partition coefficient (Wildman–Crippen LogP) is 5.67. The Balaban J connectivity index is 1.95. The third-order valence-electron chi connectivity index (χ3n) is 5.24. The van der Waals surface area contributed by atoms with E-state index >= 15 is 0 Å². The molecule has 1 N–H and O–H groups in total. The van der Waals surface area contributed by atoms with E-state index in [0.717, 1.165) is 29.0 Å². The van der Waals surface area contributed by atoms with Crippen molar-refractivity contribution in [3.63, 3.8) is 0 Å². The standard InChI is InChI=1S/C23H29NO3/c1-15(2)27-22-13-8-16(3)14-19(22)21-12-10-18(23(25)26)20(24-21)11-9-17-6-4-5-7-17/h8,10,12-15,17H,4-7,9,11H2,1-3H3,(H,25,26). The summed E-state index contributed by atoms with van der Waals surface area (Å²) in [5.74, 6) is 0.585. The van der Waals surface area contributed by atoms with Crippen LogP contribution in [0, 0.1) is 12.8 Å². The first kappa shape index (κ1) is 19.4. The van der Waals surface area contributed by atoms with E-state index in [1.165, 1.54) is 25.7 Å². The van der Waals surface area contributed by atoms with Gasteiger partial charge in [-0.1, -0.05) is 37.3 Å². The Labute approximate surface area is 161 Å². The van der Waals surface area contributed by atoms with Gasteiger partial charge in [-0.15, -0.1) is 0 Å². The average molecular weight is 367 g/mol. The van der Waals surface area contributed by atoms with Crippen LogP contribution >= 0.6 is 0 Å². The van der Waals surface area contributed by atoms with Crippen molar-refractivity contribution in [3.8, 4) is 17.0 Å². The quantitative estimate of drug-likeness (QED) is 0.685. The monoisotopic (exact) mass is 367 g/mol. The number of carboxylic acid groups (broad SMARTS) is 1. The van der Waals surface area contributed by atoms with Crippen molar-refractivity contribution in [2.24, 2.45) is 5.92 Å². The lowest BCUT2D eigenvalue weighted by atomic mass is 9.97. The SMILES string of the molecule is Cc1ccc(OC(C)C)c(-c2ccc(C(=O)O)c(CCC3CCCC3)n2)c1. The highest BCUT2D eigenvalue weighted by Crippen LogP contribution is 2.33. The normalized spacial score (nSPS) is 14.7. The fourth-order valence-corrected chi connectivity index (χ4v) is 3.88. The van der Waals surface area contributed by atoms with Gasteiger partial charge in [-0.25, -0.2) is 4.79 Å². The number of aryl methyl sites for hydroxylation is 2. The molecule has 1 saturated carbocycles. The molecule has 1 aromatic heterocycles. The molecule has 1 aromatic carbocycles. The summed E-state index contributed by atoms with van der Waals surface area (Å²) in [5, 5.41) is 9.57. The summed E-state index contributed by atoms with van der Waals surface area (Å²) in [4.78, 5) is 16.4. The number of nitrogens with zero attached hydrogens (tertiary/aromatic N) is 1. The molecule has 144 valence electrons. The highest BCUT2D eigenvalue weighted by atomic mass is 16.5. The number of aromatic carboxylic acids is 1. The van der Waals surface area contributed by atoms with Gasteiger partial charge in [-0.05, 0) is 63.8 Å². The maximum absolute atomic E-state index is 11.7. The lowest BCUT2D eigenvalue weighted by Gasteiger charge is -2.16. The van der Waals surface area contributed by atoms with Crippen molar-refractivity contribution in [2.45, 2.75) is 65.4 Å². The van der Waals surface area contributed by atoms with Gasteiger partial charge in [0, 0.05) is 5.56 Å². The maximum Gasteiger partial charge on any atom is 0.337 e. The first-order valence-electron chi connectivity index (χ1n) is 9.95. The number of aromatic nitrogens is 1. The van der Waals surface area contributed by atoms with E-state index < -0.39 is 5.97 Å². The zero-order chi connectivity index (χ0) is 19.4. The zero-order valence-electron chi connectivity index (χ0n) is 16.5. The summed E-state index contributed by atoms with van der Waals surface area (Å²) in [5.41, 5.74) is 3.82. The minimum absolute atomic E-state index is 0.0617. The summed E-state index contributed by atoms with van der Waals surface area (Å²) < 4.78 is 5.96. The van der Waals surface area contributed by atoms with E-state index in [1.54, 1.807) is 12.1 Å². The second-order valence-electron chi connectivity index (χ2n) is 7.85. The highest BCUT2D eigenvalue weighted by Gasteiger charge is 2.19. The van der Waals surface area contributed by atoms with Crippen LogP contribution in [0.3, 0.4) is 0 Å². The molecule has 0 unspecified atom stereocenters. The van der Waals surface area contributed by atoms with Gasteiger partial charge in [0.15, 0.2) is 0 Å². The second kappa shape index (κ2) is 8.55. The van der Waals surface area contributed by atoms with Crippen molar-refractivity contribution in [3.05, 3.63) is 47.2 Å². The minimum Gasteiger partial charge on any atom is -0.490 e. The topological polar surface area (TPSA) is 59.4 Å². The molecule has 1 aliphatic rings. The van der Waals surface area contributed by atoms with Crippen LogP contribution in [0.1, 0.15) is 67.6 Å². The molecule has 4 heteroatoms. The summed E-state index contributed by atoms with van der Waals surface area (Å²) in [6.45, 7) is 6.03. The number of hydrogen-bond acceptors (Lipinski definition) is 3. The second-order valence-corrected chi connectivity index (χ2v) is 7.85. The molecule has 0 bridgehead atoms. The number of ether oxygens (including phenoxy) is 1. The van der Waals surface area contributed by atoms with Crippen LogP contribution in [-0.4, -0.2) is 22.2 Å². The van der Waals surface area contributed by atoms with Gasteiger partial charge in [-0.2, -0.15) is 0 Å². The maximum atomic E-state index is 11.7. The van der Waals surface area contributed by atoms with E-state index in [9.17, 15) is 9.90 Å². The molecule has 0 radical (unpaired) electrons. The molecule has 0 spiro atoms. The molecule has 1 aliphatic carbocycles. The zero-order valence-corrected chi connectivity index (χ0v) is 16.5. The van der Waals surface area contributed by atoms with Crippen molar-refractivity contribution < 1.29 is 14.6 Å². The number of pyridine rings is 1. The third-order valence-corrected chi connectivity index (χ3v) is 5.24. The lowest BCUT2D eigenvalue weighted by molar-refractivity contribution is 0.0695.